The number of nitrogens with one attached hydrogen (secondary N) is 1. The van der Waals surface area contributed by atoms with Crippen molar-refractivity contribution in [3.8, 4) is 0 Å². The van der Waals surface area contributed by atoms with Crippen LogP contribution in [0, 0.1) is 0 Å². The molecule has 1 aromatic carbocycles. The number of nitrogens with zero attached hydrogens (tertiary/aromatic N) is 1. The Kier molecular flexibility index (Phi) is 8.86. The zero-order valence-corrected chi connectivity index (χ0v) is 19.6. The third kappa shape index (κ3) is 6.12. The van der Waals surface area contributed by atoms with Crippen LogP contribution < -0.4 is 5.32 Å². The van der Waals surface area contributed by atoms with Crippen LogP contribution in [0.4, 0.5) is 0 Å². The highest BCUT2D eigenvalue weighted by atomic mass is 16.5. The lowest BCUT2D eigenvalue weighted by Crippen LogP contribution is -2.67. The van der Waals surface area contributed by atoms with Gasteiger partial charge >= 0.3 is 11.9 Å². The van der Waals surface area contributed by atoms with Crippen molar-refractivity contribution in [2.24, 2.45) is 0 Å². The molecule has 0 saturated carbocycles. The number of esters is 1. The summed E-state index contributed by atoms with van der Waals surface area (Å²) in [6.45, 7) is 4.67. The van der Waals surface area contributed by atoms with Crippen molar-refractivity contribution in [2.45, 2.75) is 82.5 Å². The summed E-state index contributed by atoms with van der Waals surface area (Å²) in [5, 5.41) is 13.0. The van der Waals surface area contributed by atoms with Gasteiger partial charge in [0, 0.05) is 6.61 Å². The van der Waals surface area contributed by atoms with Gasteiger partial charge in [-0.25, -0.2) is 4.79 Å². The topological polar surface area (TPSA) is 105 Å². The molecule has 2 saturated heterocycles. The molecule has 2 N–H and O–H groups in total. The molecule has 33 heavy (non-hydrogen) atoms. The third-order valence-corrected chi connectivity index (χ3v) is 6.72. The second-order valence-electron chi connectivity index (χ2n) is 9.05. The van der Waals surface area contributed by atoms with Crippen molar-refractivity contribution in [2.75, 3.05) is 19.8 Å². The van der Waals surface area contributed by atoms with Crippen LogP contribution in [0.5, 0.6) is 0 Å². The Labute approximate surface area is 195 Å². The summed E-state index contributed by atoms with van der Waals surface area (Å²) in [6, 6.07) is 7.52. The minimum atomic E-state index is -0.994. The van der Waals surface area contributed by atoms with E-state index in [0.717, 1.165) is 31.2 Å². The van der Waals surface area contributed by atoms with Gasteiger partial charge in [-0.3, -0.25) is 14.9 Å². The van der Waals surface area contributed by atoms with Crippen LogP contribution >= 0.6 is 0 Å². The fourth-order valence-electron chi connectivity index (χ4n) is 5.10. The highest BCUT2D eigenvalue weighted by Crippen LogP contribution is 2.39. The van der Waals surface area contributed by atoms with E-state index in [1.54, 1.807) is 18.7 Å². The predicted octanol–water partition coefficient (Wildman–Crippen LogP) is 2.54. The van der Waals surface area contributed by atoms with E-state index in [1.807, 2.05) is 30.3 Å². The Balaban J connectivity index is 1.77. The summed E-state index contributed by atoms with van der Waals surface area (Å²) in [7, 11) is 0. The molecular weight excluding hydrogens is 424 g/mol. The lowest BCUT2D eigenvalue weighted by atomic mass is 9.79. The zero-order valence-electron chi connectivity index (χ0n) is 19.6. The average Bonchev–Trinajstić information content (AvgIpc) is 2.82. The number of likely N-dealkylation sites (tertiary alicyclic amines) is 1. The maximum atomic E-state index is 13.7. The first-order valence-electron chi connectivity index (χ1n) is 12.0. The van der Waals surface area contributed by atoms with Gasteiger partial charge in [0.15, 0.2) is 0 Å². The summed E-state index contributed by atoms with van der Waals surface area (Å²) < 4.78 is 11.0. The molecule has 2 aliphatic rings. The van der Waals surface area contributed by atoms with E-state index < -0.39 is 35.6 Å². The van der Waals surface area contributed by atoms with Crippen LogP contribution in [-0.4, -0.2) is 71.3 Å². The highest BCUT2D eigenvalue weighted by Gasteiger charge is 2.50. The van der Waals surface area contributed by atoms with Gasteiger partial charge in [0.05, 0.1) is 24.8 Å². The summed E-state index contributed by atoms with van der Waals surface area (Å²) in [5.41, 5.74) is 0.489. The van der Waals surface area contributed by atoms with E-state index in [2.05, 4.69) is 5.32 Å². The number of carbonyl (C=O) groups is 3. The second-order valence-corrected chi connectivity index (χ2v) is 9.05. The Bertz CT molecular complexity index is 803. The standard InChI is InChI=1S/C25H36N2O6/c1-3-33-24(31)20(13-12-19-9-5-4-6-10-19)26-18(2)22(28)27-21(23(29)30)11-7-14-25(27)15-8-16-32-17-25/h4-6,9-10,18,20-21,26H,3,7-8,11-17H2,1-2H3,(H,29,30)/t18?,20-,21-,25?/m0/s1. The van der Waals surface area contributed by atoms with E-state index in [-0.39, 0.29) is 12.5 Å². The first-order valence-corrected chi connectivity index (χ1v) is 12.0. The number of amides is 1. The Morgan fingerprint density at radius 1 is 1.24 bits per heavy atom. The van der Waals surface area contributed by atoms with Gasteiger partial charge in [0.1, 0.15) is 12.1 Å². The van der Waals surface area contributed by atoms with Gasteiger partial charge in [-0.1, -0.05) is 30.3 Å². The fourth-order valence-corrected chi connectivity index (χ4v) is 5.10. The second kappa shape index (κ2) is 11.6. The Morgan fingerprint density at radius 3 is 2.61 bits per heavy atom. The normalized spacial score (nSPS) is 24.8. The molecule has 8 nitrogen and oxygen atoms in total. The van der Waals surface area contributed by atoms with Crippen LogP contribution in [0.25, 0.3) is 0 Å². The monoisotopic (exact) mass is 460 g/mol. The van der Waals surface area contributed by atoms with Crippen molar-refractivity contribution in [3.05, 3.63) is 35.9 Å². The van der Waals surface area contributed by atoms with E-state index in [0.29, 0.717) is 32.5 Å². The van der Waals surface area contributed by atoms with Gasteiger partial charge in [-0.05, 0) is 64.4 Å². The quantitative estimate of drug-likeness (QED) is 0.546. The number of rotatable bonds is 9. The number of carboxylic acid groups (broad SMARTS) is 1. The SMILES string of the molecule is CCOC(=O)[C@H](CCc1ccccc1)NC(C)C(=O)N1[C@H](C(=O)O)CCCC12CCCOC2. The molecule has 2 fully saturated rings. The Morgan fingerprint density at radius 2 is 1.97 bits per heavy atom. The maximum absolute atomic E-state index is 13.7. The van der Waals surface area contributed by atoms with Crippen molar-refractivity contribution in [1.82, 2.24) is 10.2 Å². The predicted molar refractivity (Wildman–Crippen MR) is 123 cm³/mol. The first-order chi connectivity index (χ1) is 15.9. The zero-order chi connectivity index (χ0) is 23.8. The summed E-state index contributed by atoms with van der Waals surface area (Å²) in [4.78, 5) is 39.9. The molecule has 1 amide bonds. The summed E-state index contributed by atoms with van der Waals surface area (Å²) in [5.74, 6) is -1.70. The van der Waals surface area contributed by atoms with Crippen LogP contribution in [0.1, 0.15) is 57.9 Å². The number of aryl methyl sites for hydroxylation is 1. The smallest absolute Gasteiger partial charge is 0.326 e. The Hall–Kier alpha value is -2.45. The van der Waals surface area contributed by atoms with Crippen LogP contribution in [0.3, 0.4) is 0 Å². The molecule has 0 bridgehead atoms. The molecule has 182 valence electrons. The average molecular weight is 461 g/mol. The summed E-state index contributed by atoms with van der Waals surface area (Å²) in [6.07, 6.45) is 4.53. The number of hydrogen-bond acceptors (Lipinski definition) is 6. The largest absolute Gasteiger partial charge is 0.480 e. The highest BCUT2D eigenvalue weighted by molar-refractivity contribution is 5.88. The van der Waals surface area contributed by atoms with Crippen molar-refractivity contribution < 1.29 is 29.0 Å². The third-order valence-electron chi connectivity index (χ3n) is 6.72. The molecule has 0 aromatic heterocycles. The van der Waals surface area contributed by atoms with E-state index in [1.165, 1.54) is 0 Å². The molecule has 0 aliphatic carbocycles. The van der Waals surface area contributed by atoms with Crippen molar-refractivity contribution >= 4 is 17.8 Å². The fraction of sp³-hybridized carbons (Fsp3) is 0.640. The van der Waals surface area contributed by atoms with Crippen LogP contribution in [0.2, 0.25) is 0 Å². The molecular formula is C25H36N2O6. The first kappa shape index (κ1) is 25.2. The maximum Gasteiger partial charge on any atom is 0.326 e. The molecule has 1 spiro atoms. The molecule has 3 rings (SSSR count). The van der Waals surface area contributed by atoms with Gasteiger partial charge < -0.3 is 19.5 Å². The number of carboxylic acids is 1. The number of benzene rings is 1. The lowest BCUT2D eigenvalue weighted by Gasteiger charge is -2.52. The number of hydrogen-bond donors (Lipinski definition) is 2. The van der Waals surface area contributed by atoms with Gasteiger partial charge in [0.25, 0.3) is 0 Å². The minimum Gasteiger partial charge on any atom is -0.480 e. The van der Waals surface area contributed by atoms with E-state index in [9.17, 15) is 19.5 Å². The number of ether oxygens (including phenoxy) is 2. The van der Waals surface area contributed by atoms with E-state index in [4.69, 9.17) is 9.47 Å². The van der Waals surface area contributed by atoms with Crippen molar-refractivity contribution in [3.63, 3.8) is 0 Å². The lowest BCUT2D eigenvalue weighted by molar-refractivity contribution is -0.170. The molecule has 1 aromatic rings. The number of piperidine rings is 1. The molecule has 0 radical (unpaired) electrons. The van der Waals surface area contributed by atoms with Crippen LogP contribution in [-0.2, 0) is 30.3 Å². The minimum absolute atomic E-state index is 0.248. The van der Waals surface area contributed by atoms with Gasteiger partial charge in [-0.2, -0.15) is 0 Å². The molecule has 2 aliphatic heterocycles. The van der Waals surface area contributed by atoms with Crippen LogP contribution in [0.15, 0.2) is 30.3 Å². The van der Waals surface area contributed by atoms with E-state index >= 15 is 0 Å². The number of aliphatic carboxylic acids is 1. The van der Waals surface area contributed by atoms with Crippen molar-refractivity contribution in [1.29, 1.82) is 0 Å². The molecule has 2 heterocycles. The summed E-state index contributed by atoms with van der Waals surface area (Å²) >= 11 is 0. The molecule has 2 unspecified atom stereocenters. The molecule has 8 heteroatoms. The molecule has 4 atom stereocenters. The van der Waals surface area contributed by atoms with Gasteiger partial charge in [0.2, 0.25) is 5.91 Å². The number of carbonyl (C=O) groups excluding carboxylic acids is 2. The van der Waals surface area contributed by atoms with Gasteiger partial charge in [-0.15, -0.1) is 0 Å².